The van der Waals surface area contributed by atoms with E-state index in [0.29, 0.717) is 24.6 Å². The molecule has 3 atom stereocenters. The second-order valence-corrected chi connectivity index (χ2v) is 7.81. The summed E-state index contributed by atoms with van der Waals surface area (Å²) in [5, 5.41) is 35.5. The summed E-state index contributed by atoms with van der Waals surface area (Å²) in [6, 6.07) is 5.48. The number of allylic oxidation sites excluding steroid dienone is 2. The van der Waals surface area contributed by atoms with Crippen LogP contribution < -0.4 is 5.32 Å². The van der Waals surface area contributed by atoms with Crippen LogP contribution in [0.1, 0.15) is 38.7 Å². The number of rotatable bonds is 5. The molecule has 10 heteroatoms. The first-order valence-corrected chi connectivity index (χ1v) is 9.93. The van der Waals surface area contributed by atoms with E-state index in [9.17, 15) is 30.0 Å². The van der Waals surface area contributed by atoms with Crippen molar-refractivity contribution in [3.8, 4) is 0 Å². The van der Waals surface area contributed by atoms with Gasteiger partial charge >= 0.3 is 11.9 Å². The smallest absolute Gasteiger partial charge is 0.337 e. The van der Waals surface area contributed by atoms with Gasteiger partial charge in [-0.3, -0.25) is 15.3 Å². The lowest BCUT2D eigenvalue weighted by Gasteiger charge is -2.35. The average molecular weight is 431 g/mol. The molecule has 2 heterocycles. The molecule has 0 aliphatic carbocycles. The number of piperidine rings is 1. The van der Waals surface area contributed by atoms with E-state index in [2.05, 4.69) is 5.32 Å². The van der Waals surface area contributed by atoms with Crippen molar-refractivity contribution < 1.29 is 29.6 Å². The van der Waals surface area contributed by atoms with E-state index >= 15 is 0 Å². The third-order valence-corrected chi connectivity index (χ3v) is 5.82. The van der Waals surface area contributed by atoms with E-state index in [1.165, 1.54) is 38.1 Å². The minimum Gasteiger partial charge on any atom is -0.478 e. The predicted octanol–water partition coefficient (Wildman–Crippen LogP) is 2.56. The van der Waals surface area contributed by atoms with Crippen LogP contribution in [0.3, 0.4) is 0 Å². The molecule has 0 spiro atoms. The number of aliphatic carboxylic acids is 1. The number of nitro groups is 1. The summed E-state index contributed by atoms with van der Waals surface area (Å²) >= 11 is 0. The molecule has 2 aliphatic rings. The zero-order valence-corrected chi connectivity index (χ0v) is 17.5. The predicted molar refractivity (Wildman–Crippen MR) is 109 cm³/mol. The summed E-state index contributed by atoms with van der Waals surface area (Å²) in [5.74, 6) is -3.18. The Balaban J connectivity index is 2.11. The summed E-state index contributed by atoms with van der Waals surface area (Å²) in [6.45, 7) is 6.19. The molecule has 3 unspecified atom stereocenters. The van der Waals surface area contributed by atoms with Gasteiger partial charge in [-0.25, -0.2) is 14.7 Å². The number of esters is 1. The SMILES string of the molecule is CC1=C(C(=O)O)C(c2cccc([N+](=O)[O-])c2)C(C(=O)OC2CCNCC2C)=C(C)N1O. The van der Waals surface area contributed by atoms with E-state index in [-0.39, 0.29) is 45.8 Å². The van der Waals surface area contributed by atoms with Gasteiger partial charge < -0.3 is 15.2 Å². The van der Waals surface area contributed by atoms with Crippen LogP contribution in [-0.4, -0.2) is 51.4 Å². The molecule has 3 N–H and O–H groups in total. The highest BCUT2D eigenvalue weighted by molar-refractivity contribution is 5.99. The number of ether oxygens (including phenoxy) is 1. The molecule has 0 radical (unpaired) electrons. The van der Waals surface area contributed by atoms with Crippen LogP contribution in [0.15, 0.2) is 46.8 Å². The Morgan fingerprint density at radius 3 is 2.55 bits per heavy atom. The maximum atomic E-state index is 13.3. The Hall–Kier alpha value is -3.24. The lowest BCUT2D eigenvalue weighted by atomic mass is 9.80. The van der Waals surface area contributed by atoms with Crippen LogP contribution in [0.2, 0.25) is 0 Å². The Kier molecular flexibility index (Phi) is 6.42. The van der Waals surface area contributed by atoms with E-state index in [1.54, 1.807) is 0 Å². The van der Waals surface area contributed by atoms with Gasteiger partial charge in [-0.2, -0.15) is 0 Å². The largest absolute Gasteiger partial charge is 0.478 e. The summed E-state index contributed by atoms with van der Waals surface area (Å²) in [6.07, 6.45) is 0.233. The maximum absolute atomic E-state index is 13.3. The number of carbonyl (C=O) groups excluding carboxylic acids is 1. The number of nitrogens with one attached hydrogen (secondary N) is 1. The number of benzene rings is 1. The number of hydroxylamine groups is 2. The summed E-state index contributed by atoms with van der Waals surface area (Å²) < 4.78 is 5.73. The molecule has 1 aromatic rings. The van der Waals surface area contributed by atoms with E-state index in [1.807, 2.05) is 6.92 Å². The molecule has 2 aliphatic heterocycles. The zero-order chi connectivity index (χ0) is 22.9. The molecule has 0 amide bonds. The normalized spacial score (nSPS) is 24.3. The van der Waals surface area contributed by atoms with Crippen molar-refractivity contribution in [2.75, 3.05) is 13.1 Å². The lowest BCUT2D eigenvalue weighted by Crippen LogP contribution is -2.42. The van der Waals surface area contributed by atoms with Crippen molar-refractivity contribution in [3.05, 3.63) is 62.5 Å². The molecular formula is C21H25N3O7. The van der Waals surface area contributed by atoms with E-state index in [4.69, 9.17) is 4.74 Å². The van der Waals surface area contributed by atoms with Crippen molar-refractivity contribution in [1.82, 2.24) is 10.4 Å². The number of hydrogen-bond acceptors (Lipinski definition) is 8. The quantitative estimate of drug-likeness (QED) is 0.364. The molecule has 1 aromatic carbocycles. The van der Waals surface area contributed by atoms with Gasteiger partial charge in [0.15, 0.2) is 0 Å². The highest BCUT2D eigenvalue weighted by Gasteiger charge is 2.41. The molecule has 166 valence electrons. The molecule has 0 saturated carbocycles. The molecule has 10 nitrogen and oxygen atoms in total. The third kappa shape index (κ3) is 4.30. The second-order valence-electron chi connectivity index (χ2n) is 7.81. The van der Waals surface area contributed by atoms with Gasteiger partial charge in [0.05, 0.1) is 33.4 Å². The number of carboxylic acid groups (broad SMARTS) is 1. The molecule has 1 fully saturated rings. The Morgan fingerprint density at radius 2 is 1.94 bits per heavy atom. The minimum atomic E-state index is -1.35. The fourth-order valence-corrected chi connectivity index (χ4v) is 4.10. The molecule has 0 bridgehead atoms. The summed E-state index contributed by atoms with van der Waals surface area (Å²) in [4.78, 5) is 36.1. The minimum absolute atomic E-state index is 0.0216. The lowest BCUT2D eigenvalue weighted by molar-refractivity contribution is -0.384. The van der Waals surface area contributed by atoms with Crippen LogP contribution >= 0.6 is 0 Å². The van der Waals surface area contributed by atoms with Gasteiger partial charge in [0.25, 0.3) is 5.69 Å². The van der Waals surface area contributed by atoms with E-state index < -0.39 is 22.8 Å². The Labute approximate surface area is 178 Å². The highest BCUT2D eigenvalue weighted by Crippen LogP contribution is 2.42. The number of nitrogens with zero attached hydrogens (tertiary/aromatic N) is 2. The van der Waals surface area contributed by atoms with Crippen molar-refractivity contribution >= 4 is 17.6 Å². The van der Waals surface area contributed by atoms with Crippen LogP contribution in [0.5, 0.6) is 0 Å². The fraction of sp³-hybridized carbons (Fsp3) is 0.429. The van der Waals surface area contributed by atoms with Crippen LogP contribution in [0.4, 0.5) is 5.69 Å². The van der Waals surface area contributed by atoms with Crippen LogP contribution in [-0.2, 0) is 14.3 Å². The topological polar surface area (TPSA) is 142 Å². The van der Waals surface area contributed by atoms with Gasteiger partial charge in [0.1, 0.15) is 6.10 Å². The highest BCUT2D eigenvalue weighted by atomic mass is 16.6. The molecule has 3 rings (SSSR count). The number of hydrogen-bond donors (Lipinski definition) is 3. The molecule has 0 aromatic heterocycles. The zero-order valence-electron chi connectivity index (χ0n) is 17.5. The van der Waals surface area contributed by atoms with E-state index in [0.717, 1.165) is 0 Å². The van der Waals surface area contributed by atoms with Crippen molar-refractivity contribution in [1.29, 1.82) is 0 Å². The van der Waals surface area contributed by atoms with Crippen molar-refractivity contribution in [3.63, 3.8) is 0 Å². The second kappa shape index (κ2) is 8.86. The van der Waals surface area contributed by atoms with Gasteiger partial charge in [-0.15, -0.1) is 0 Å². The Morgan fingerprint density at radius 1 is 1.26 bits per heavy atom. The van der Waals surface area contributed by atoms with Gasteiger partial charge in [0, 0.05) is 24.6 Å². The van der Waals surface area contributed by atoms with Crippen molar-refractivity contribution in [2.45, 2.75) is 39.2 Å². The monoisotopic (exact) mass is 431 g/mol. The summed E-state index contributed by atoms with van der Waals surface area (Å²) in [7, 11) is 0. The first-order chi connectivity index (χ1) is 14.6. The van der Waals surface area contributed by atoms with Gasteiger partial charge in [-0.1, -0.05) is 19.1 Å². The molecule has 1 saturated heterocycles. The van der Waals surface area contributed by atoms with Gasteiger partial charge in [0.2, 0.25) is 0 Å². The number of carboxylic acids is 1. The van der Waals surface area contributed by atoms with Crippen LogP contribution in [0, 0.1) is 16.0 Å². The average Bonchev–Trinajstić information content (AvgIpc) is 2.73. The first-order valence-electron chi connectivity index (χ1n) is 9.93. The van der Waals surface area contributed by atoms with Crippen molar-refractivity contribution in [2.24, 2.45) is 5.92 Å². The fourth-order valence-electron chi connectivity index (χ4n) is 4.10. The van der Waals surface area contributed by atoms with Crippen LogP contribution in [0.25, 0.3) is 0 Å². The Bertz CT molecular complexity index is 985. The maximum Gasteiger partial charge on any atom is 0.337 e. The first kappa shape index (κ1) is 22.4. The molecular weight excluding hydrogens is 406 g/mol. The molecule has 31 heavy (non-hydrogen) atoms. The summed E-state index contributed by atoms with van der Waals surface area (Å²) in [5.41, 5.74) is -0.151. The van der Waals surface area contributed by atoms with Gasteiger partial charge in [-0.05, 0) is 32.4 Å². The standard InChI is InChI=1S/C21H25N3O7/c1-11-10-22-8-7-16(11)31-21(27)18-13(3)23(28)12(2)17(20(25)26)19(18)14-5-4-6-15(9-14)24(29)30/h4-6,9,11,16,19,22,28H,7-8,10H2,1-3H3,(H,25,26). The number of non-ortho nitro benzene ring substituents is 1. The number of nitro benzene ring substituents is 1. The number of carbonyl (C=O) groups is 2. The third-order valence-electron chi connectivity index (χ3n) is 5.82.